The summed E-state index contributed by atoms with van der Waals surface area (Å²) < 4.78 is 12.1. The van der Waals surface area contributed by atoms with E-state index in [9.17, 15) is 0 Å². The Hall–Kier alpha value is -1.76. The first kappa shape index (κ1) is 15.6. The lowest BCUT2D eigenvalue weighted by Crippen LogP contribution is -2.00. The van der Waals surface area contributed by atoms with Crippen LogP contribution in [0.4, 0.5) is 0 Å². The van der Waals surface area contributed by atoms with E-state index in [1.165, 1.54) is 11.8 Å². The molecule has 0 saturated heterocycles. The Balaban J connectivity index is 2.20. The van der Waals surface area contributed by atoms with Crippen molar-refractivity contribution in [3.63, 3.8) is 0 Å². The fraction of sp³-hybridized carbons (Fsp3) is 0.188. The molecule has 0 unspecified atom stereocenters. The molecule has 0 atom stereocenters. The van der Waals surface area contributed by atoms with Crippen LogP contribution in [0.15, 0.2) is 41.6 Å². The van der Waals surface area contributed by atoms with Crippen LogP contribution in [0.2, 0.25) is 0 Å². The molecule has 5 heteroatoms. The van der Waals surface area contributed by atoms with E-state index in [4.69, 9.17) is 14.7 Å². The van der Waals surface area contributed by atoms with Crippen LogP contribution in [-0.4, -0.2) is 18.5 Å². The molecule has 21 heavy (non-hydrogen) atoms. The van der Waals surface area contributed by atoms with Gasteiger partial charge >= 0.3 is 0 Å². The van der Waals surface area contributed by atoms with Gasteiger partial charge in [-0.05, 0) is 47.2 Å². The van der Waals surface area contributed by atoms with Crippen molar-refractivity contribution in [2.45, 2.75) is 13.5 Å². The smallest absolute Gasteiger partial charge is 0.174 e. The van der Waals surface area contributed by atoms with Crippen LogP contribution in [0.25, 0.3) is 0 Å². The summed E-state index contributed by atoms with van der Waals surface area (Å²) in [5, 5.41) is 11.6. The van der Waals surface area contributed by atoms with Crippen molar-refractivity contribution < 1.29 is 14.7 Å². The maximum Gasteiger partial charge on any atom is 0.174 e. The predicted octanol–water partition coefficient (Wildman–Crippen LogP) is 4.00. The highest BCUT2D eigenvalue weighted by atomic mass is 127. The van der Waals surface area contributed by atoms with Gasteiger partial charge in [0.25, 0.3) is 0 Å². The molecule has 2 rings (SSSR count). The third-order valence-corrected chi connectivity index (χ3v) is 3.76. The number of oxime groups is 1. The minimum absolute atomic E-state index is 0.472. The molecule has 0 aliphatic rings. The molecular formula is C16H16INO3. The molecule has 4 nitrogen and oxygen atoms in total. The van der Waals surface area contributed by atoms with Crippen molar-refractivity contribution in [2.24, 2.45) is 5.16 Å². The lowest BCUT2D eigenvalue weighted by atomic mass is 10.2. The fourth-order valence-corrected chi connectivity index (χ4v) is 2.64. The van der Waals surface area contributed by atoms with Gasteiger partial charge in [-0.2, -0.15) is 0 Å². The van der Waals surface area contributed by atoms with Gasteiger partial charge in [-0.3, -0.25) is 0 Å². The summed E-state index contributed by atoms with van der Waals surface area (Å²) in [6, 6.07) is 11.8. The molecule has 2 aromatic carbocycles. The number of ether oxygens (including phenoxy) is 2. The van der Waals surface area contributed by atoms with Gasteiger partial charge < -0.3 is 14.7 Å². The highest BCUT2D eigenvalue weighted by Crippen LogP contribution is 2.34. The van der Waals surface area contributed by atoms with Crippen molar-refractivity contribution in [1.82, 2.24) is 0 Å². The highest BCUT2D eigenvalue weighted by molar-refractivity contribution is 14.1. The quantitative estimate of drug-likeness (QED) is 0.359. The molecule has 0 radical (unpaired) electrons. The van der Waals surface area contributed by atoms with Crippen molar-refractivity contribution in [3.8, 4) is 11.5 Å². The minimum Gasteiger partial charge on any atom is -0.493 e. The second kappa shape index (κ2) is 7.31. The van der Waals surface area contributed by atoms with E-state index in [-0.39, 0.29) is 0 Å². The van der Waals surface area contributed by atoms with Crippen LogP contribution < -0.4 is 9.47 Å². The van der Waals surface area contributed by atoms with Gasteiger partial charge in [0.15, 0.2) is 11.5 Å². The standard InChI is InChI=1S/C16H16INO3/c1-11-3-5-12(6-4-11)10-21-16-14(17)7-13(9-18-19)8-15(16)20-2/h3-9,19H,10H2,1-2H3. The molecule has 2 aromatic rings. The molecule has 0 amide bonds. The zero-order valence-electron chi connectivity index (χ0n) is 11.8. The Morgan fingerprint density at radius 2 is 1.95 bits per heavy atom. The second-order valence-corrected chi connectivity index (χ2v) is 5.72. The van der Waals surface area contributed by atoms with Gasteiger partial charge in [0, 0.05) is 5.56 Å². The van der Waals surface area contributed by atoms with Gasteiger partial charge in [0.2, 0.25) is 0 Å². The largest absolute Gasteiger partial charge is 0.493 e. The minimum atomic E-state index is 0.472. The zero-order valence-corrected chi connectivity index (χ0v) is 14.0. The summed E-state index contributed by atoms with van der Waals surface area (Å²) in [6.45, 7) is 2.53. The number of methoxy groups -OCH3 is 1. The normalized spacial score (nSPS) is 10.8. The SMILES string of the molecule is COc1cc(C=NO)cc(I)c1OCc1ccc(C)cc1. The molecular weight excluding hydrogens is 381 g/mol. The van der Waals surface area contributed by atoms with Crippen LogP contribution in [-0.2, 0) is 6.61 Å². The van der Waals surface area contributed by atoms with E-state index in [1.807, 2.05) is 18.2 Å². The molecule has 0 aliphatic heterocycles. The topological polar surface area (TPSA) is 51.0 Å². The molecule has 110 valence electrons. The number of hydrogen-bond donors (Lipinski definition) is 1. The monoisotopic (exact) mass is 397 g/mol. The van der Waals surface area contributed by atoms with Gasteiger partial charge in [0.05, 0.1) is 16.9 Å². The Kier molecular flexibility index (Phi) is 5.44. The average molecular weight is 397 g/mol. The van der Waals surface area contributed by atoms with E-state index < -0.39 is 0 Å². The summed E-state index contributed by atoms with van der Waals surface area (Å²) in [5.74, 6) is 1.30. The van der Waals surface area contributed by atoms with E-state index in [0.29, 0.717) is 18.1 Å². The Morgan fingerprint density at radius 3 is 2.57 bits per heavy atom. The van der Waals surface area contributed by atoms with Gasteiger partial charge in [0.1, 0.15) is 6.61 Å². The van der Waals surface area contributed by atoms with Crippen molar-refractivity contribution >= 4 is 28.8 Å². The maximum atomic E-state index is 8.61. The fourth-order valence-electron chi connectivity index (χ4n) is 1.86. The number of rotatable bonds is 5. The van der Waals surface area contributed by atoms with E-state index >= 15 is 0 Å². The van der Waals surface area contributed by atoms with Crippen LogP contribution in [0.5, 0.6) is 11.5 Å². The molecule has 0 saturated carbocycles. The van der Waals surface area contributed by atoms with Crippen LogP contribution in [0, 0.1) is 10.5 Å². The Labute approximate surface area is 137 Å². The summed E-state index contributed by atoms with van der Waals surface area (Å²) >= 11 is 2.17. The van der Waals surface area contributed by atoms with Gasteiger partial charge in [-0.1, -0.05) is 35.0 Å². The van der Waals surface area contributed by atoms with E-state index in [2.05, 4.69) is 46.8 Å². The van der Waals surface area contributed by atoms with Crippen molar-refractivity contribution in [2.75, 3.05) is 7.11 Å². The number of aryl methyl sites for hydroxylation is 1. The molecule has 0 spiro atoms. The number of hydrogen-bond acceptors (Lipinski definition) is 4. The van der Waals surface area contributed by atoms with Crippen molar-refractivity contribution in [1.29, 1.82) is 0 Å². The summed E-state index contributed by atoms with van der Waals surface area (Å²) in [4.78, 5) is 0. The Morgan fingerprint density at radius 1 is 1.24 bits per heavy atom. The molecule has 0 aromatic heterocycles. The summed E-state index contributed by atoms with van der Waals surface area (Å²) in [6.07, 6.45) is 1.36. The molecule has 0 fully saturated rings. The number of nitrogens with zero attached hydrogens (tertiary/aromatic N) is 1. The lowest BCUT2D eigenvalue weighted by Gasteiger charge is -2.13. The van der Waals surface area contributed by atoms with Gasteiger partial charge in [-0.15, -0.1) is 0 Å². The van der Waals surface area contributed by atoms with E-state index in [0.717, 1.165) is 14.7 Å². The summed E-state index contributed by atoms with van der Waals surface area (Å²) in [5.41, 5.74) is 3.07. The lowest BCUT2D eigenvalue weighted by molar-refractivity contribution is 0.282. The third kappa shape index (κ3) is 4.10. The maximum absolute atomic E-state index is 8.61. The number of halogens is 1. The van der Waals surface area contributed by atoms with Crippen LogP contribution >= 0.6 is 22.6 Å². The molecule has 1 N–H and O–H groups in total. The Bertz CT molecular complexity index is 639. The molecule has 0 aliphatic carbocycles. The predicted molar refractivity (Wildman–Crippen MR) is 90.6 cm³/mol. The van der Waals surface area contributed by atoms with Crippen molar-refractivity contribution in [3.05, 3.63) is 56.7 Å². The first-order chi connectivity index (χ1) is 10.1. The third-order valence-electron chi connectivity index (χ3n) is 2.96. The van der Waals surface area contributed by atoms with E-state index in [1.54, 1.807) is 13.2 Å². The zero-order chi connectivity index (χ0) is 15.2. The van der Waals surface area contributed by atoms with Crippen LogP contribution in [0.1, 0.15) is 16.7 Å². The molecule has 0 bridgehead atoms. The van der Waals surface area contributed by atoms with Gasteiger partial charge in [-0.25, -0.2) is 0 Å². The highest BCUT2D eigenvalue weighted by Gasteiger charge is 2.11. The first-order valence-corrected chi connectivity index (χ1v) is 7.45. The van der Waals surface area contributed by atoms with Crippen LogP contribution in [0.3, 0.4) is 0 Å². The second-order valence-electron chi connectivity index (χ2n) is 4.55. The summed E-state index contributed by atoms with van der Waals surface area (Å²) in [7, 11) is 1.59. The molecule has 0 heterocycles. The first-order valence-electron chi connectivity index (χ1n) is 6.37. The number of benzene rings is 2. The average Bonchev–Trinajstić information content (AvgIpc) is 2.47.